The summed E-state index contributed by atoms with van der Waals surface area (Å²) in [5.41, 5.74) is 3.91. The van der Waals surface area contributed by atoms with Gasteiger partial charge in [0.1, 0.15) is 6.61 Å². The van der Waals surface area contributed by atoms with Crippen LogP contribution >= 0.6 is 0 Å². The Hall–Kier alpha value is -3.40. The van der Waals surface area contributed by atoms with E-state index in [9.17, 15) is 0 Å². The number of benzene rings is 2. The Balaban J connectivity index is 1.46. The van der Waals surface area contributed by atoms with Crippen molar-refractivity contribution in [3.05, 3.63) is 96.8 Å². The fourth-order valence-corrected chi connectivity index (χ4v) is 2.59. The van der Waals surface area contributed by atoms with Gasteiger partial charge in [0.15, 0.2) is 0 Å². The lowest BCUT2D eigenvalue weighted by Gasteiger charge is -2.06. The van der Waals surface area contributed by atoms with E-state index in [0.29, 0.717) is 12.5 Å². The van der Waals surface area contributed by atoms with Gasteiger partial charge in [-0.25, -0.2) is 9.67 Å². The maximum Gasteiger partial charge on any atom is 0.233 e. The van der Waals surface area contributed by atoms with Gasteiger partial charge in [0.25, 0.3) is 0 Å². The Bertz CT molecular complexity index is 949. The zero-order chi connectivity index (χ0) is 16.9. The summed E-state index contributed by atoms with van der Waals surface area (Å²) < 4.78 is 7.59. The van der Waals surface area contributed by atoms with Crippen LogP contribution in [0.4, 0.5) is 0 Å². The van der Waals surface area contributed by atoms with Gasteiger partial charge in [0.05, 0.1) is 17.1 Å². The highest BCUT2D eigenvalue weighted by Gasteiger charge is 2.04. The van der Waals surface area contributed by atoms with Crippen molar-refractivity contribution >= 4 is 0 Å². The third-order valence-electron chi connectivity index (χ3n) is 3.83. The monoisotopic (exact) mass is 327 g/mol. The van der Waals surface area contributed by atoms with Gasteiger partial charge in [-0.1, -0.05) is 54.6 Å². The van der Waals surface area contributed by atoms with Crippen molar-refractivity contribution in [2.24, 2.45) is 0 Å². The highest BCUT2D eigenvalue weighted by atomic mass is 16.5. The smallest absolute Gasteiger partial charge is 0.233 e. The molecule has 4 aromatic rings. The van der Waals surface area contributed by atoms with Gasteiger partial charge in [0, 0.05) is 17.8 Å². The number of hydrogen-bond acceptors (Lipinski definition) is 3. The van der Waals surface area contributed by atoms with Gasteiger partial charge in [-0.15, -0.1) is 5.10 Å². The molecule has 122 valence electrons. The van der Waals surface area contributed by atoms with Crippen molar-refractivity contribution in [3.63, 3.8) is 0 Å². The van der Waals surface area contributed by atoms with E-state index in [1.807, 2.05) is 79.0 Å². The molecule has 0 amide bonds. The predicted octanol–water partition coefficient (Wildman–Crippen LogP) is 4.51. The Kier molecular flexibility index (Phi) is 4.25. The molecule has 4 rings (SSSR count). The minimum atomic E-state index is 0.381. The Morgan fingerprint density at radius 3 is 2.32 bits per heavy atom. The zero-order valence-electron chi connectivity index (χ0n) is 13.6. The van der Waals surface area contributed by atoms with E-state index in [1.165, 1.54) is 0 Å². The molecule has 0 aliphatic carbocycles. The van der Waals surface area contributed by atoms with Crippen LogP contribution in [0.25, 0.3) is 16.9 Å². The lowest BCUT2D eigenvalue weighted by atomic mass is 10.1. The predicted molar refractivity (Wildman–Crippen MR) is 97.6 cm³/mol. The molecule has 2 aromatic carbocycles. The summed E-state index contributed by atoms with van der Waals surface area (Å²) in [5.74, 6) is 0.579. The minimum Gasteiger partial charge on any atom is -0.470 e. The number of ether oxygens (including phenoxy) is 1. The van der Waals surface area contributed by atoms with Crippen molar-refractivity contribution in [1.29, 1.82) is 0 Å². The van der Waals surface area contributed by atoms with Gasteiger partial charge in [0.2, 0.25) is 5.88 Å². The SMILES string of the molecule is c1ccc(-c2cccc(COc3ccn(-c4ccccc4)n3)n2)cc1. The topological polar surface area (TPSA) is 39.9 Å². The first-order valence-electron chi connectivity index (χ1n) is 8.14. The van der Waals surface area contributed by atoms with Crippen molar-refractivity contribution in [3.8, 4) is 22.8 Å². The van der Waals surface area contributed by atoms with Crippen LogP contribution in [-0.4, -0.2) is 14.8 Å². The van der Waals surface area contributed by atoms with E-state index in [2.05, 4.69) is 22.2 Å². The highest BCUT2D eigenvalue weighted by molar-refractivity contribution is 5.58. The molecule has 0 radical (unpaired) electrons. The lowest BCUT2D eigenvalue weighted by molar-refractivity contribution is 0.287. The third-order valence-corrected chi connectivity index (χ3v) is 3.83. The van der Waals surface area contributed by atoms with E-state index >= 15 is 0 Å². The summed E-state index contributed by atoms with van der Waals surface area (Å²) in [6.45, 7) is 0.381. The van der Waals surface area contributed by atoms with Crippen LogP contribution in [0, 0.1) is 0 Å². The van der Waals surface area contributed by atoms with E-state index < -0.39 is 0 Å². The first kappa shape index (κ1) is 15.1. The second kappa shape index (κ2) is 7.01. The molecule has 2 aromatic heterocycles. The maximum atomic E-state index is 5.79. The lowest BCUT2D eigenvalue weighted by Crippen LogP contribution is -2.00. The molecule has 0 aliphatic rings. The van der Waals surface area contributed by atoms with Crippen molar-refractivity contribution in [1.82, 2.24) is 14.8 Å². The van der Waals surface area contributed by atoms with Crippen LogP contribution in [0.3, 0.4) is 0 Å². The van der Waals surface area contributed by atoms with Gasteiger partial charge >= 0.3 is 0 Å². The zero-order valence-corrected chi connectivity index (χ0v) is 13.6. The van der Waals surface area contributed by atoms with Crippen LogP contribution in [0.15, 0.2) is 91.1 Å². The summed E-state index contributed by atoms with van der Waals surface area (Å²) in [5, 5.41) is 4.44. The van der Waals surface area contributed by atoms with E-state index in [0.717, 1.165) is 22.6 Å². The largest absolute Gasteiger partial charge is 0.470 e. The molecule has 0 aliphatic heterocycles. The second-order valence-electron chi connectivity index (χ2n) is 5.60. The van der Waals surface area contributed by atoms with Crippen LogP contribution in [-0.2, 0) is 6.61 Å². The van der Waals surface area contributed by atoms with Crippen molar-refractivity contribution in [2.45, 2.75) is 6.61 Å². The van der Waals surface area contributed by atoms with Crippen LogP contribution < -0.4 is 4.74 Å². The molecular weight excluding hydrogens is 310 g/mol. The number of rotatable bonds is 5. The van der Waals surface area contributed by atoms with Crippen LogP contribution in [0.2, 0.25) is 0 Å². The maximum absolute atomic E-state index is 5.79. The highest BCUT2D eigenvalue weighted by Crippen LogP contribution is 2.17. The fraction of sp³-hybridized carbons (Fsp3) is 0.0476. The Labute approximate surface area is 146 Å². The molecule has 0 atom stereocenters. The van der Waals surface area contributed by atoms with E-state index in [-0.39, 0.29) is 0 Å². The molecule has 0 saturated heterocycles. The standard InChI is InChI=1S/C21H17N3O/c1-3-8-17(9-4-1)20-13-7-10-18(22-20)16-25-21-14-15-24(23-21)19-11-5-2-6-12-19/h1-15H,16H2. The first-order valence-corrected chi connectivity index (χ1v) is 8.14. The summed E-state index contributed by atoms with van der Waals surface area (Å²) in [6, 6.07) is 27.9. The second-order valence-corrected chi connectivity index (χ2v) is 5.60. The Morgan fingerprint density at radius 1 is 0.760 bits per heavy atom. The molecule has 4 nitrogen and oxygen atoms in total. The van der Waals surface area contributed by atoms with E-state index in [1.54, 1.807) is 4.68 Å². The fourth-order valence-electron chi connectivity index (χ4n) is 2.59. The van der Waals surface area contributed by atoms with Gasteiger partial charge < -0.3 is 4.74 Å². The van der Waals surface area contributed by atoms with Crippen LogP contribution in [0.5, 0.6) is 5.88 Å². The number of para-hydroxylation sites is 1. The van der Waals surface area contributed by atoms with Crippen molar-refractivity contribution in [2.75, 3.05) is 0 Å². The molecule has 0 bridgehead atoms. The van der Waals surface area contributed by atoms with Crippen molar-refractivity contribution < 1.29 is 4.74 Å². The molecule has 0 saturated carbocycles. The van der Waals surface area contributed by atoms with Gasteiger partial charge in [-0.2, -0.15) is 0 Å². The summed E-state index contributed by atoms with van der Waals surface area (Å²) >= 11 is 0. The quantitative estimate of drug-likeness (QED) is 0.541. The molecule has 2 heterocycles. The molecule has 0 unspecified atom stereocenters. The molecule has 4 heteroatoms. The average Bonchev–Trinajstić information content (AvgIpc) is 3.17. The number of nitrogens with zero attached hydrogens (tertiary/aromatic N) is 3. The van der Waals surface area contributed by atoms with E-state index in [4.69, 9.17) is 4.74 Å². The summed E-state index contributed by atoms with van der Waals surface area (Å²) in [7, 11) is 0. The number of aromatic nitrogens is 3. The van der Waals surface area contributed by atoms with Gasteiger partial charge in [-0.05, 0) is 24.3 Å². The molecule has 0 spiro atoms. The van der Waals surface area contributed by atoms with Gasteiger partial charge in [-0.3, -0.25) is 0 Å². The number of pyridine rings is 1. The first-order chi connectivity index (χ1) is 12.4. The molecule has 0 N–H and O–H groups in total. The van der Waals surface area contributed by atoms with Crippen LogP contribution in [0.1, 0.15) is 5.69 Å². The summed E-state index contributed by atoms with van der Waals surface area (Å²) in [6.07, 6.45) is 1.89. The Morgan fingerprint density at radius 2 is 1.52 bits per heavy atom. The molecule has 0 fully saturated rings. The normalized spacial score (nSPS) is 10.6. The number of hydrogen-bond donors (Lipinski definition) is 0. The summed E-state index contributed by atoms with van der Waals surface area (Å²) in [4.78, 5) is 4.66. The minimum absolute atomic E-state index is 0.381. The average molecular weight is 327 g/mol. The third kappa shape index (κ3) is 3.58. The molecule has 25 heavy (non-hydrogen) atoms. The molecular formula is C21H17N3O.